The lowest BCUT2D eigenvalue weighted by molar-refractivity contribution is -0.143. The van der Waals surface area contributed by atoms with E-state index in [1.807, 2.05) is 25.1 Å². The van der Waals surface area contributed by atoms with Crippen LogP contribution >= 0.6 is 15.9 Å². The molecule has 0 bridgehead atoms. The zero-order valence-electron chi connectivity index (χ0n) is 12.4. The van der Waals surface area contributed by atoms with Crippen molar-refractivity contribution in [1.29, 1.82) is 0 Å². The van der Waals surface area contributed by atoms with Crippen LogP contribution in [0.2, 0.25) is 0 Å². The third-order valence-electron chi connectivity index (χ3n) is 2.92. The van der Waals surface area contributed by atoms with E-state index in [-0.39, 0.29) is 24.9 Å². The number of benzene rings is 1. The molecule has 0 radical (unpaired) electrons. The van der Waals surface area contributed by atoms with Gasteiger partial charge in [-0.05, 0) is 46.5 Å². The number of amides is 1. The summed E-state index contributed by atoms with van der Waals surface area (Å²) in [7, 11) is 0. The molecule has 116 valence electrons. The SMILES string of the molecule is Cc1ccc(OCCC(=O)N[C@H](C(=O)O)C(C)C)c(Br)c1. The first-order valence-corrected chi connectivity index (χ1v) is 7.51. The number of nitrogens with one attached hydrogen (secondary N) is 1. The van der Waals surface area contributed by atoms with E-state index in [1.54, 1.807) is 13.8 Å². The number of ether oxygens (including phenoxy) is 1. The van der Waals surface area contributed by atoms with E-state index in [0.29, 0.717) is 5.75 Å². The molecule has 21 heavy (non-hydrogen) atoms. The molecule has 1 amide bonds. The minimum Gasteiger partial charge on any atom is -0.492 e. The lowest BCUT2D eigenvalue weighted by Crippen LogP contribution is -2.44. The first-order chi connectivity index (χ1) is 9.81. The van der Waals surface area contributed by atoms with Crippen molar-refractivity contribution in [2.45, 2.75) is 33.2 Å². The van der Waals surface area contributed by atoms with Gasteiger partial charge in [-0.3, -0.25) is 4.79 Å². The average molecular weight is 358 g/mol. The Hall–Kier alpha value is -1.56. The van der Waals surface area contributed by atoms with Gasteiger partial charge in [0.2, 0.25) is 5.91 Å². The first kappa shape index (κ1) is 17.5. The van der Waals surface area contributed by atoms with Crippen molar-refractivity contribution >= 4 is 27.8 Å². The number of aryl methyl sites for hydroxylation is 1. The van der Waals surface area contributed by atoms with Crippen LogP contribution in [0.1, 0.15) is 25.8 Å². The molecule has 0 aliphatic carbocycles. The molecular formula is C15H20BrNO4. The van der Waals surface area contributed by atoms with Gasteiger partial charge in [-0.25, -0.2) is 4.79 Å². The summed E-state index contributed by atoms with van der Waals surface area (Å²) in [6, 6.07) is 4.79. The second-order valence-corrected chi connectivity index (χ2v) is 6.01. The maximum atomic E-state index is 11.7. The minimum absolute atomic E-state index is 0.108. The van der Waals surface area contributed by atoms with Crippen LogP contribution in [0.25, 0.3) is 0 Å². The van der Waals surface area contributed by atoms with Crippen molar-refractivity contribution in [3.05, 3.63) is 28.2 Å². The van der Waals surface area contributed by atoms with Gasteiger partial charge in [-0.15, -0.1) is 0 Å². The summed E-state index contributed by atoms with van der Waals surface area (Å²) in [6.45, 7) is 5.66. The lowest BCUT2D eigenvalue weighted by Gasteiger charge is -2.18. The summed E-state index contributed by atoms with van der Waals surface area (Å²) < 4.78 is 6.34. The third-order valence-corrected chi connectivity index (χ3v) is 3.54. The van der Waals surface area contributed by atoms with E-state index >= 15 is 0 Å². The highest BCUT2D eigenvalue weighted by molar-refractivity contribution is 9.10. The number of hydrogen-bond acceptors (Lipinski definition) is 3. The number of carbonyl (C=O) groups is 2. The van der Waals surface area contributed by atoms with Crippen molar-refractivity contribution in [3.8, 4) is 5.75 Å². The summed E-state index contributed by atoms with van der Waals surface area (Å²) in [5, 5.41) is 11.5. The Morgan fingerprint density at radius 1 is 1.38 bits per heavy atom. The van der Waals surface area contributed by atoms with Gasteiger partial charge in [0.05, 0.1) is 17.5 Å². The minimum atomic E-state index is -1.03. The maximum absolute atomic E-state index is 11.7. The van der Waals surface area contributed by atoms with Gasteiger partial charge in [0, 0.05) is 0 Å². The molecule has 1 aromatic carbocycles. The van der Waals surface area contributed by atoms with Gasteiger partial charge in [0.15, 0.2) is 0 Å². The zero-order chi connectivity index (χ0) is 16.0. The van der Waals surface area contributed by atoms with Gasteiger partial charge in [0.1, 0.15) is 11.8 Å². The molecule has 0 saturated carbocycles. The monoisotopic (exact) mass is 357 g/mol. The van der Waals surface area contributed by atoms with Crippen LogP contribution in [-0.2, 0) is 9.59 Å². The number of hydrogen-bond donors (Lipinski definition) is 2. The van der Waals surface area contributed by atoms with Crippen molar-refractivity contribution < 1.29 is 19.4 Å². The van der Waals surface area contributed by atoms with Crippen LogP contribution in [0.15, 0.2) is 22.7 Å². The van der Waals surface area contributed by atoms with Gasteiger partial charge < -0.3 is 15.2 Å². The van der Waals surface area contributed by atoms with Gasteiger partial charge in [-0.1, -0.05) is 19.9 Å². The highest BCUT2D eigenvalue weighted by atomic mass is 79.9. The van der Waals surface area contributed by atoms with E-state index in [1.165, 1.54) is 0 Å². The fraction of sp³-hybridized carbons (Fsp3) is 0.467. The summed E-state index contributed by atoms with van der Waals surface area (Å²) in [5.74, 6) is -0.870. The quantitative estimate of drug-likeness (QED) is 0.786. The predicted molar refractivity (Wildman–Crippen MR) is 83.4 cm³/mol. The first-order valence-electron chi connectivity index (χ1n) is 6.72. The van der Waals surface area contributed by atoms with Crippen LogP contribution in [0.4, 0.5) is 0 Å². The molecule has 1 atom stereocenters. The largest absolute Gasteiger partial charge is 0.492 e. The number of carbonyl (C=O) groups excluding carboxylic acids is 1. The molecule has 0 aliphatic rings. The Bertz CT molecular complexity index is 516. The molecule has 0 heterocycles. The molecule has 5 nitrogen and oxygen atoms in total. The molecule has 0 fully saturated rings. The van der Waals surface area contributed by atoms with E-state index in [0.717, 1.165) is 10.0 Å². The number of carboxylic acids is 1. The normalized spacial score (nSPS) is 12.0. The molecular weight excluding hydrogens is 338 g/mol. The second-order valence-electron chi connectivity index (χ2n) is 5.16. The Labute approximate surface area is 132 Å². The van der Waals surface area contributed by atoms with E-state index < -0.39 is 12.0 Å². The summed E-state index contributed by atoms with van der Waals surface area (Å²) in [5.41, 5.74) is 1.10. The van der Waals surface area contributed by atoms with Crippen molar-refractivity contribution in [2.75, 3.05) is 6.61 Å². The Morgan fingerprint density at radius 2 is 2.05 bits per heavy atom. The van der Waals surface area contributed by atoms with Crippen molar-refractivity contribution in [3.63, 3.8) is 0 Å². The number of rotatable bonds is 7. The maximum Gasteiger partial charge on any atom is 0.326 e. The molecule has 0 aliphatic heterocycles. The second kappa shape index (κ2) is 8.02. The number of aliphatic carboxylic acids is 1. The summed E-state index contributed by atoms with van der Waals surface area (Å²) in [4.78, 5) is 22.7. The highest BCUT2D eigenvalue weighted by Gasteiger charge is 2.23. The number of halogens is 1. The molecule has 6 heteroatoms. The molecule has 0 aromatic heterocycles. The van der Waals surface area contributed by atoms with Crippen LogP contribution in [0.5, 0.6) is 5.75 Å². The molecule has 2 N–H and O–H groups in total. The molecule has 0 saturated heterocycles. The van der Waals surface area contributed by atoms with Crippen molar-refractivity contribution in [1.82, 2.24) is 5.32 Å². The summed E-state index contributed by atoms with van der Waals surface area (Å²) >= 11 is 3.39. The molecule has 1 rings (SSSR count). The Kier molecular flexibility index (Phi) is 6.68. The average Bonchev–Trinajstić information content (AvgIpc) is 2.37. The predicted octanol–water partition coefficient (Wildman–Crippen LogP) is 2.75. The van der Waals surface area contributed by atoms with Crippen LogP contribution < -0.4 is 10.1 Å². The fourth-order valence-electron chi connectivity index (χ4n) is 1.74. The Balaban J connectivity index is 2.44. The van der Waals surface area contributed by atoms with E-state index in [4.69, 9.17) is 9.84 Å². The van der Waals surface area contributed by atoms with Crippen LogP contribution in [0.3, 0.4) is 0 Å². The molecule has 1 aromatic rings. The fourth-order valence-corrected chi connectivity index (χ4v) is 2.34. The zero-order valence-corrected chi connectivity index (χ0v) is 13.9. The molecule has 0 unspecified atom stereocenters. The van der Waals surface area contributed by atoms with Gasteiger partial charge in [0.25, 0.3) is 0 Å². The molecule has 0 spiro atoms. The number of carboxylic acid groups (broad SMARTS) is 1. The Morgan fingerprint density at radius 3 is 2.57 bits per heavy atom. The third kappa shape index (κ3) is 5.75. The van der Waals surface area contributed by atoms with E-state index in [9.17, 15) is 9.59 Å². The smallest absolute Gasteiger partial charge is 0.326 e. The van der Waals surface area contributed by atoms with Gasteiger partial charge in [-0.2, -0.15) is 0 Å². The van der Waals surface area contributed by atoms with Crippen LogP contribution in [-0.4, -0.2) is 29.6 Å². The van der Waals surface area contributed by atoms with Crippen LogP contribution in [0, 0.1) is 12.8 Å². The summed E-state index contributed by atoms with van der Waals surface area (Å²) in [6.07, 6.45) is 0.108. The van der Waals surface area contributed by atoms with E-state index in [2.05, 4.69) is 21.2 Å². The van der Waals surface area contributed by atoms with Gasteiger partial charge >= 0.3 is 5.97 Å². The van der Waals surface area contributed by atoms with Crippen molar-refractivity contribution in [2.24, 2.45) is 5.92 Å². The highest BCUT2D eigenvalue weighted by Crippen LogP contribution is 2.25. The standard InChI is InChI=1S/C15H20BrNO4/c1-9(2)14(15(19)20)17-13(18)6-7-21-12-5-4-10(3)8-11(12)16/h4-5,8-9,14H,6-7H2,1-3H3,(H,17,18)(H,19,20)/t14-/m0/s1. The topological polar surface area (TPSA) is 75.6 Å². The lowest BCUT2D eigenvalue weighted by atomic mass is 10.0.